The van der Waals surface area contributed by atoms with E-state index in [0.717, 1.165) is 0 Å². The van der Waals surface area contributed by atoms with Crippen molar-refractivity contribution >= 4 is 23.8 Å². The molecule has 0 amide bonds. The summed E-state index contributed by atoms with van der Waals surface area (Å²) >= 11 is 6.03. The molecule has 0 aliphatic rings. The summed E-state index contributed by atoms with van der Waals surface area (Å²) < 4.78 is 4.98. The first-order chi connectivity index (χ1) is 8.19. The number of rotatable bonds is 6. The van der Waals surface area contributed by atoms with E-state index in [1.807, 2.05) is 6.92 Å². The van der Waals surface area contributed by atoms with Gasteiger partial charge in [0.25, 0.3) is 6.02 Å². The van der Waals surface area contributed by atoms with E-state index in [1.165, 1.54) is 19.5 Å². The molecular formula is C10H18ClN5O. The predicted molar refractivity (Wildman–Crippen MR) is 71.9 cm³/mol. The van der Waals surface area contributed by atoms with Gasteiger partial charge in [0.1, 0.15) is 10.9 Å². The van der Waals surface area contributed by atoms with Gasteiger partial charge in [0.05, 0.1) is 7.11 Å². The molecule has 7 heteroatoms. The van der Waals surface area contributed by atoms with Crippen LogP contribution < -0.4 is 16.2 Å². The first-order valence-electron chi connectivity index (χ1n) is 5.01. The minimum Gasteiger partial charge on any atom is -0.468 e. The Morgan fingerprint density at radius 3 is 2.71 bits per heavy atom. The molecule has 0 aromatic heterocycles. The van der Waals surface area contributed by atoms with Crippen LogP contribution in [0.25, 0.3) is 0 Å². The fourth-order valence-corrected chi connectivity index (χ4v) is 1.00. The summed E-state index contributed by atoms with van der Waals surface area (Å²) in [6.45, 7) is 6.05. The Morgan fingerprint density at radius 2 is 2.24 bits per heavy atom. The predicted octanol–water partition coefficient (Wildman–Crippen LogP) is 0.944. The molecule has 0 bridgehead atoms. The molecule has 96 valence electrons. The van der Waals surface area contributed by atoms with Gasteiger partial charge in [-0.05, 0) is 6.92 Å². The summed E-state index contributed by atoms with van der Waals surface area (Å²) in [4.78, 5) is 7.90. The maximum atomic E-state index is 6.03. The third-order valence-corrected chi connectivity index (χ3v) is 1.80. The Bertz CT molecular complexity index is 325. The molecular weight excluding hydrogens is 242 g/mol. The third-order valence-electron chi connectivity index (χ3n) is 1.51. The van der Waals surface area contributed by atoms with E-state index >= 15 is 0 Å². The van der Waals surface area contributed by atoms with Crippen molar-refractivity contribution < 1.29 is 4.74 Å². The lowest BCUT2D eigenvalue weighted by atomic mass is 10.5. The first-order valence-corrected chi connectivity index (χ1v) is 5.39. The van der Waals surface area contributed by atoms with Crippen molar-refractivity contribution in [1.29, 1.82) is 0 Å². The van der Waals surface area contributed by atoms with Crippen molar-refractivity contribution in [3.05, 3.63) is 23.6 Å². The van der Waals surface area contributed by atoms with Crippen LogP contribution in [0.2, 0.25) is 0 Å². The smallest absolute Gasteiger partial charge is 0.294 e. The zero-order valence-corrected chi connectivity index (χ0v) is 11.0. The van der Waals surface area contributed by atoms with Gasteiger partial charge in [-0.2, -0.15) is 0 Å². The van der Waals surface area contributed by atoms with Crippen LogP contribution in [0.5, 0.6) is 0 Å². The Kier molecular flexibility index (Phi) is 8.81. The average molecular weight is 260 g/mol. The number of hydrogen-bond donors (Lipinski definition) is 3. The Morgan fingerprint density at radius 1 is 1.53 bits per heavy atom. The van der Waals surface area contributed by atoms with Gasteiger partial charge in [-0.25, -0.2) is 10.4 Å². The Balaban J connectivity index is 4.89. The lowest BCUT2D eigenvalue weighted by Crippen LogP contribution is -2.39. The molecule has 0 saturated heterocycles. The summed E-state index contributed by atoms with van der Waals surface area (Å²) in [7, 11) is 3.19. The van der Waals surface area contributed by atoms with Crippen LogP contribution in [0.1, 0.15) is 6.92 Å². The van der Waals surface area contributed by atoms with Gasteiger partial charge in [0, 0.05) is 26.0 Å². The fraction of sp³-hybridized carbons (Fsp3) is 0.400. The number of ether oxygens (including phenoxy) is 1. The SMILES string of the molecule is C=CN=C(NC(NNC)=C(Cl)C=NCC)OC. The largest absolute Gasteiger partial charge is 0.468 e. The molecule has 0 heterocycles. The van der Waals surface area contributed by atoms with Crippen LogP contribution in [0.15, 0.2) is 33.6 Å². The molecule has 0 aliphatic heterocycles. The summed E-state index contributed by atoms with van der Waals surface area (Å²) in [5, 5.41) is 3.25. The molecule has 0 aromatic rings. The summed E-state index contributed by atoms with van der Waals surface area (Å²) in [5.74, 6) is 0.480. The van der Waals surface area contributed by atoms with E-state index in [0.29, 0.717) is 17.4 Å². The molecule has 0 spiro atoms. The maximum absolute atomic E-state index is 6.03. The van der Waals surface area contributed by atoms with E-state index < -0.39 is 0 Å². The van der Waals surface area contributed by atoms with Crippen LogP contribution >= 0.6 is 11.6 Å². The number of nitrogens with zero attached hydrogens (tertiary/aromatic N) is 2. The average Bonchev–Trinajstić information content (AvgIpc) is 2.34. The second kappa shape index (κ2) is 9.68. The molecule has 3 N–H and O–H groups in total. The van der Waals surface area contributed by atoms with Crippen LogP contribution in [0.3, 0.4) is 0 Å². The number of halogens is 1. The quantitative estimate of drug-likeness (QED) is 0.377. The monoisotopic (exact) mass is 259 g/mol. The van der Waals surface area contributed by atoms with Gasteiger partial charge in [-0.1, -0.05) is 18.2 Å². The van der Waals surface area contributed by atoms with E-state index in [1.54, 1.807) is 7.05 Å². The molecule has 17 heavy (non-hydrogen) atoms. The molecule has 0 aromatic carbocycles. The number of methoxy groups -OCH3 is 1. The first kappa shape index (κ1) is 15.5. The van der Waals surface area contributed by atoms with E-state index in [2.05, 4.69) is 32.7 Å². The summed E-state index contributed by atoms with van der Waals surface area (Å²) in [5.41, 5.74) is 5.56. The standard InChI is InChI=1S/C10H18ClN5O/c1-5-13-7-8(11)9(16-12-3)15-10(17-4)14-6-2/h6-7,12,16H,2,5H2,1,3-4H3,(H,14,15). The highest BCUT2D eigenvalue weighted by Gasteiger charge is 2.05. The lowest BCUT2D eigenvalue weighted by molar-refractivity contribution is 0.383. The van der Waals surface area contributed by atoms with E-state index in [4.69, 9.17) is 16.3 Å². The minimum atomic E-state index is 0.265. The van der Waals surface area contributed by atoms with Gasteiger partial charge in [0.2, 0.25) is 0 Å². The maximum Gasteiger partial charge on any atom is 0.294 e. The van der Waals surface area contributed by atoms with Crippen molar-refractivity contribution in [2.75, 3.05) is 20.7 Å². The topological polar surface area (TPSA) is 70.0 Å². The Labute approximate surface area is 106 Å². The molecule has 0 fully saturated rings. The molecule has 0 atom stereocenters. The van der Waals surface area contributed by atoms with Crippen molar-refractivity contribution in [2.24, 2.45) is 9.98 Å². The highest BCUT2D eigenvalue weighted by molar-refractivity contribution is 6.39. The van der Waals surface area contributed by atoms with Crippen LogP contribution in [0, 0.1) is 0 Å². The number of aliphatic imine (C=N–C) groups is 2. The van der Waals surface area contributed by atoms with Gasteiger partial charge in [-0.15, -0.1) is 0 Å². The van der Waals surface area contributed by atoms with Crippen molar-refractivity contribution in [1.82, 2.24) is 16.2 Å². The summed E-state index contributed by atoms with van der Waals surface area (Å²) in [6.07, 6.45) is 2.90. The van der Waals surface area contributed by atoms with Crippen molar-refractivity contribution in [2.45, 2.75) is 6.92 Å². The fourth-order valence-electron chi connectivity index (χ4n) is 0.838. The van der Waals surface area contributed by atoms with Crippen molar-refractivity contribution in [3.63, 3.8) is 0 Å². The number of amidine groups is 1. The number of allylic oxidation sites excluding steroid dienone is 1. The molecule has 0 radical (unpaired) electrons. The molecule has 0 saturated carbocycles. The number of hydrogen-bond acceptors (Lipinski definition) is 5. The Hall–Kier alpha value is -1.53. The van der Waals surface area contributed by atoms with Gasteiger partial charge < -0.3 is 10.2 Å². The molecule has 0 rings (SSSR count). The number of hydrazine groups is 1. The van der Waals surface area contributed by atoms with Crippen LogP contribution in [-0.4, -0.2) is 32.9 Å². The second-order valence-electron chi connectivity index (χ2n) is 2.67. The van der Waals surface area contributed by atoms with E-state index in [9.17, 15) is 0 Å². The van der Waals surface area contributed by atoms with E-state index in [-0.39, 0.29) is 6.02 Å². The van der Waals surface area contributed by atoms with Crippen LogP contribution in [-0.2, 0) is 4.74 Å². The van der Waals surface area contributed by atoms with Gasteiger partial charge in [0.15, 0.2) is 0 Å². The lowest BCUT2D eigenvalue weighted by Gasteiger charge is -2.13. The van der Waals surface area contributed by atoms with Crippen molar-refractivity contribution in [3.8, 4) is 0 Å². The highest BCUT2D eigenvalue weighted by atomic mass is 35.5. The summed E-state index contributed by atoms with van der Waals surface area (Å²) in [6, 6.07) is 0.265. The second-order valence-corrected chi connectivity index (χ2v) is 3.08. The minimum absolute atomic E-state index is 0.265. The zero-order valence-electron chi connectivity index (χ0n) is 10.2. The highest BCUT2D eigenvalue weighted by Crippen LogP contribution is 2.01. The molecule has 6 nitrogen and oxygen atoms in total. The normalized spacial score (nSPS) is 13.3. The molecule has 0 unspecified atom stereocenters. The van der Waals surface area contributed by atoms with Gasteiger partial charge in [-0.3, -0.25) is 10.3 Å². The zero-order chi connectivity index (χ0) is 13.1. The molecule has 0 aliphatic carbocycles. The van der Waals surface area contributed by atoms with Gasteiger partial charge >= 0.3 is 0 Å². The van der Waals surface area contributed by atoms with Crippen LogP contribution in [0.4, 0.5) is 0 Å². The number of nitrogens with one attached hydrogen (secondary N) is 3. The third kappa shape index (κ3) is 6.60.